The van der Waals surface area contributed by atoms with Gasteiger partial charge in [0, 0.05) is 45.4 Å². The van der Waals surface area contributed by atoms with Crippen LogP contribution in [0.5, 0.6) is 0 Å². The number of carbonyl (C=O) groups is 2. The maximum absolute atomic E-state index is 11.5. The van der Waals surface area contributed by atoms with Crippen LogP contribution in [0.15, 0.2) is 0 Å². The maximum Gasteiger partial charge on any atom is 0.219 e. The highest BCUT2D eigenvalue weighted by molar-refractivity contribution is 5.82. The Labute approximate surface area is 103 Å². The topological polar surface area (TPSA) is 40.6 Å². The first-order valence-corrected chi connectivity index (χ1v) is 6.67. The molecule has 1 unspecified atom stereocenters. The lowest BCUT2D eigenvalue weighted by atomic mass is 10.0. The molecule has 2 rings (SSSR count). The fourth-order valence-corrected chi connectivity index (χ4v) is 2.82. The van der Waals surface area contributed by atoms with Crippen molar-refractivity contribution in [2.24, 2.45) is 5.92 Å². The summed E-state index contributed by atoms with van der Waals surface area (Å²) in [6.07, 6.45) is 3.98. The van der Waals surface area contributed by atoms with E-state index in [4.69, 9.17) is 0 Å². The van der Waals surface area contributed by atoms with Crippen molar-refractivity contribution in [1.29, 1.82) is 0 Å². The van der Waals surface area contributed by atoms with E-state index in [0.29, 0.717) is 11.7 Å². The Morgan fingerprint density at radius 1 is 1.29 bits per heavy atom. The molecular weight excluding hydrogens is 216 g/mol. The van der Waals surface area contributed by atoms with Crippen LogP contribution in [0, 0.1) is 5.92 Å². The average molecular weight is 238 g/mol. The highest BCUT2D eigenvalue weighted by atomic mass is 16.2. The van der Waals surface area contributed by atoms with Gasteiger partial charge < -0.3 is 4.90 Å². The van der Waals surface area contributed by atoms with E-state index in [0.717, 1.165) is 58.4 Å². The first kappa shape index (κ1) is 12.6. The number of Topliss-reactive ketones (excluding diaryl/α,β-unsaturated/α-hetero) is 1. The first-order valence-electron chi connectivity index (χ1n) is 6.67. The summed E-state index contributed by atoms with van der Waals surface area (Å²) in [5.74, 6) is 0.962. The fraction of sp³-hybridized carbons (Fsp3) is 0.846. The van der Waals surface area contributed by atoms with E-state index in [2.05, 4.69) is 4.90 Å². The van der Waals surface area contributed by atoms with Crippen LogP contribution in [0.25, 0.3) is 0 Å². The van der Waals surface area contributed by atoms with Gasteiger partial charge in [-0.25, -0.2) is 0 Å². The molecule has 0 aromatic heterocycles. The Kier molecular flexibility index (Phi) is 4.15. The van der Waals surface area contributed by atoms with E-state index in [1.807, 2.05) is 4.90 Å². The number of piperazine rings is 1. The van der Waals surface area contributed by atoms with Gasteiger partial charge >= 0.3 is 0 Å². The van der Waals surface area contributed by atoms with Crippen molar-refractivity contribution >= 4 is 11.7 Å². The number of nitrogens with zero attached hydrogens (tertiary/aromatic N) is 2. The molecule has 1 aliphatic heterocycles. The molecule has 1 aliphatic carbocycles. The molecule has 2 aliphatic rings. The molecule has 1 heterocycles. The molecule has 0 aromatic rings. The third kappa shape index (κ3) is 3.28. The van der Waals surface area contributed by atoms with Gasteiger partial charge in [0.15, 0.2) is 0 Å². The smallest absolute Gasteiger partial charge is 0.219 e. The van der Waals surface area contributed by atoms with Crippen LogP contribution in [0.2, 0.25) is 0 Å². The Morgan fingerprint density at radius 2 is 2.00 bits per heavy atom. The highest BCUT2D eigenvalue weighted by Gasteiger charge is 2.25. The van der Waals surface area contributed by atoms with Gasteiger partial charge in [-0.3, -0.25) is 14.5 Å². The summed E-state index contributed by atoms with van der Waals surface area (Å²) in [5, 5.41) is 0. The summed E-state index contributed by atoms with van der Waals surface area (Å²) in [6, 6.07) is 0. The van der Waals surface area contributed by atoms with Crippen LogP contribution in [0.1, 0.15) is 32.6 Å². The third-order valence-electron chi connectivity index (χ3n) is 4.04. The molecule has 1 saturated heterocycles. The molecule has 0 N–H and O–H groups in total. The molecule has 0 spiro atoms. The molecule has 1 amide bonds. The molecule has 17 heavy (non-hydrogen) atoms. The number of carbonyl (C=O) groups excluding carboxylic acids is 2. The van der Waals surface area contributed by atoms with Gasteiger partial charge in [0.25, 0.3) is 0 Å². The zero-order chi connectivity index (χ0) is 12.3. The minimum atomic E-state index is 0.177. The summed E-state index contributed by atoms with van der Waals surface area (Å²) in [4.78, 5) is 27.0. The Bertz CT molecular complexity index is 296. The van der Waals surface area contributed by atoms with Gasteiger partial charge in [-0.05, 0) is 25.8 Å². The van der Waals surface area contributed by atoms with Gasteiger partial charge in [0.05, 0.1) is 0 Å². The zero-order valence-electron chi connectivity index (χ0n) is 10.7. The normalized spacial score (nSPS) is 26.5. The lowest BCUT2D eigenvalue weighted by Crippen LogP contribution is -2.48. The van der Waals surface area contributed by atoms with Crippen LogP contribution >= 0.6 is 0 Å². The van der Waals surface area contributed by atoms with Crippen LogP contribution in [0.3, 0.4) is 0 Å². The van der Waals surface area contributed by atoms with Crippen LogP contribution in [-0.2, 0) is 9.59 Å². The van der Waals surface area contributed by atoms with E-state index in [-0.39, 0.29) is 5.91 Å². The predicted molar refractivity (Wildman–Crippen MR) is 65.7 cm³/mol. The lowest BCUT2D eigenvalue weighted by Gasteiger charge is -2.34. The van der Waals surface area contributed by atoms with Gasteiger partial charge in [0.1, 0.15) is 5.78 Å². The standard InChI is InChI=1S/C13H22N2O2/c1-11(16)15-9-7-14(8-10-15)6-5-12-3-2-4-13(12)17/h12H,2-10H2,1H3. The molecule has 4 nitrogen and oxygen atoms in total. The van der Waals surface area contributed by atoms with Gasteiger partial charge in [0.2, 0.25) is 5.91 Å². The van der Waals surface area contributed by atoms with Crippen molar-refractivity contribution in [1.82, 2.24) is 9.80 Å². The zero-order valence-corrected chi connectivity index (χ0v) is 10.7. The van der Waals surface area contributed by atoms with E-state index in [9.17, 15) is 9.59 Å². The number of hydrogen-bond donors (Lipinski definition) is 0. The number of hydrogen-bond acceptors (Lipinski definition) is 3. The molecule has 0 bridgehead atoms. The largest absolute Gasteiger partial charge is 0.340 e. The molecule has 2 fully saturated rings. The molecule has 1 saturated carbocycles. The maximum atomic E-state index is 11.5. The van der Waals surface area contributed by atoms with Crippen LogP contribution in [0.4, 0.5) is 0 Å². The SMILES string of the molecule is CC(=O)N1CCN(CCC2CCCC2=O)CC1. The van der Waals surface area contributed by atoms with Crippen molar-refractivity contribution in [3.05, 3.63) is 0 Å². The lowest BCUT2D eigenvalue weighted by molar-refractivity contribution is -0.130. The van der Waals surface area contributed by atoms with Crippen molar-refractivity contribution in [3.8, 4) is 0 Å². The summed E-state index contributed by atoms with van der Waals surface area (Å²) in [6.45, 7) is 6.25. The van der Waals surface area contributed by atoms with Crippen molar-refractivity contribution < 1.29 is 9.59 Å². The number of amides is 1. The highest BCUT2D eigenvalue weighted by Crippen LogP contribution is 2.24. The van der Waals surface area contributed by atoms with E-state index >= 15 is 0 Å². The van der Waals surface area contributed by atoms with Crippen molar-refractivity contribution in [2.75, 3.05) is 32.7 Å². The van der Waals surface area contributed by atoms with Gasteiger partial charge in [-0.15, -0.1) is 0 Å². The second-order valence-corrected chi connectivity index (χ2v) is 5.19. The molecular formula is C13H22N2O2. The van der Waals surface area contributed by atoms with E-state index in [1.165, 1.54) is 0 Å². The Morgan fingerprint density at radius 3 is 2.53 bits per heavy atom. The monoisotopic (exact) mass is 238 g/mol. The van der Waals surface area contributed by atoms with Crippen LogP contribution < -0.4 is 0 Å². The van der Waals surface area contributed by atoms with Gasteiger partial charge in [-0.2, -0.15) is 0 Å². The summed E-state index contributed by atoms with van der Waals surface area (Å²) in [5.41, 5.74) is 0. The molecule has 0 radical (unpaired) electrons. The Hall–Kier alpha value is -0.900. The number of rotatable bonds is 3. The van der Waals surface area contributed by atoms with Crippen molar-refractivity contribution in [3.63, 3.8) is 0 Å². The predicted octanol–water partition coefficient (Wildman–Crippen LogP) is 0.910. The van der Waals surface area contributed by atoms with E-state index in [1.54, 1.807) is 6.92 Å². The second kappa shape index (κ2) is 5.63. The fourth-order valence-electron chi connectivity index (χ4n) is 2.82. The third-order valence-corrected chi connectivity index (χ3v) is 4.04. The van der Waals surface area contributed by atoms with Crippen molar-refractivity contribution in [2.45, 2.75) is 32.6 Å². The summed E-state index contributed by atoms with van der Waals surface area (Å²) in [7, 11) is 0. The van der Waals surface area contributed by atoms with E-state index < -0.39 is 0 Å². The summed E-state index contributed by atoms with van der Waals surface area (Å²) < 4.78 is 0. The minimum absolute atomic E-state index is 0.177. The number of ketones is 1. The second-order valence-electron chi connectivity index (χ2n) is 5.19. The average Bonchev–Trinajstić information content (AvgIpc) is 2.73. The Balaban J connectivity index is 1.68. The summed E-state index contributed by atoms with van der Waals surface area (Å²) >= 11 is 0. The van der Waals surface area contributed by atoms with Crippen LogP contribution in [-0.4, -0.2) is 54.2 Å². The quantitative estimate of drug-likeness (QED) is 0.734. The molecule has 96 valence electrons. The molecule has 1 atom stereocenters. The molecule has 4 heteroatoms. The first-order chi connectivity index (χ1) is 8.16. The molecule has 0 aromatic carbocycles. The minimum Gasteiger partial charge on any atom is -0.340 e. The van der Waals surface area contributed by atoms with Gasteiger partial charge in [-0.1, -0.05) is 0 Å².